The van der Waals surface area contributed by atoms with Crippen LogP contribution in [0.3, 0.4) is 0 Å². The van der Waals surface area contributed by atoms with E-state index in [0.29, 0.717) is 18.0 Å². The number of hydrogen-bond donors (Lipinski definition) is 1. The topological polar surface area (TPSA) is 88.2 Å². The smallest absolute Gasteiger partial charge is 0.231 e. The van der Waals surface area contributed by atoms with Gasteiger partial charge < -0.3 is 19.7 Å². The van der Waals surface area contributed by atoms with E-state index < -0.39 is 10.0 Å². The zero-order valence-electron chi connectivity index (χ0n) is 15.5. The monoisotopic (exact) mass is 385 g/mol. The van der Waals surface area contributed by atoms with Gasteiger partial charge in [-0.2, -0.15) is 4.31 Å². The molecule has 2 rings (SSSR count). The van der Waals surface area contributed by atoms with Gasteiger partial charge in [-0.3, -0.25) is 4.79 Å². The molecule has 0 aromatic heterocycles. The van der Waals surface area contributed by atoms with E-state index in [4.69, 9.17) is 9.47 Å². The second kappa shape index (κ2) is 9.20. The molecule has 9 heteroatoms. The number of hydrogen-bond acceptors (Lipinski definition) is 6. The van der Waals surface area contributed by atoms with Crippen molar-refractivity contribution in [3.05, 3.63) is 23.8 Å². The first-order valence-electron chi connectivity index (χ1n) is 8.51. The maximum absolute atomic E-state index is 12.1. The van der Waals surface area contributed by atoms with E-state index in [0.717, 1.165) is 24.8 Å². The number of sulfonamides is 1. The highest BCUT2D eigenvalue weighted by Crippen LogP contribution is 2.32. The Kier molecular flexibility index (Phi) is 7.24. The number of benzene rings is 1. The van der Waals surface area contributed by atoms with Gasteiger partial charge in [0.25, 0.3) is 0 Å². The van der Waals surface area contributed by atoms with Crippen LogP contribution in [0.5, 0.6) is 11.5 Å². The maximum atomic E-state index is 12.1. The van der Waals surface area contributed by atoms with Gasteiger partial charge in [0.1, 0.15) is 0 Å². The summed E-state index contributed by atoms with van der Waals surface area (Å²) < 4.78 is 36.0. The summed E-state index contributed by atoms with van der Waals surface area (Å²) in [6.07, 6.45) is 2.13. The molecule has 1 aromatic carbocycles. The third-order valence-electron chi connectivity index (χ3n) is 3.96. The summed E-state index contributed by atoms with van der Waals surface area (Å²) in [5, 5.41) is 2.82. The molecule has 1 aliphatic heterocycles. The molecule has 1 amide bonds. The van der Waals surface area contributed by atoms with E-state index in [9.17, 15) is 13.2 Å². The quantitative estimate of drug-likeness (QED) is 0.595. The average Bonchev–Trinajstić information content (AvgIpc) is 3.01. The van der Waals surface area contributed by atoms with Crippen LogP contribution in [0.1, 0.15) is 18.4 Å². The van der Waals surface area contributed by atoms with E-state index in [1.54, 1.807) is 18.2 Å². The second-order valence-electron chi connectivity index (χ2n) is 6.54. The normalized spacial score (nSPS) is 13.4. The van der Waals surface area contributed by atoms with Crippen molar-refractivity contribution in [2.24, 2.45) is 0 Å². The number of carbonyl (C=O) groups is 1. The van der Waals surface area contributed by atoms with Crippen molar-refractivity contribution in [1.82, 2.24) is 14.5 Å². The van der Waals surface area contributed by atoms with Crippen molar-refractivity contribution in [3.8, 4) is 11.5 Å². The number of nitrogens with zero attached hydrogens (tertiary/aromatic N) is 2. The predicted octanol–water partition coefficient (Wildman–Crippen LogP) is 0.635. The molecular weight excluding hydrogens is 358 g/mol. The molecule has 0 spiro atoms. The molecule has 26 heavy (non-hydrogen) atoms. The first-order chi connectivity index (χ1) is 12.3. The van der Waals surface area contributed by atoms with Gasteiger partial charge >= 0.3 is 0 Å². The average molecular weight is 385 g/mol. The number of nitrogens with one attached hydrogen (secondary N) is 1. The predicted molar refractivity (Wildman–Crippen MR) is 98.6 cm³/mol. The van der Waals surface area contributed by atoms with E-state index in [1.165, 1.54) is 4.31 Å². The zero-order valence-corrected chi connectivity index (χ0v) is 16.3. The standard InChI is InChI=1S/C17H27N3O5S/c1-19(2)9-4-8-18-17(21)7-10-20(26(3,22)23)12-14-5-6-15-16(11-14)25-13-24-15/h5-6,11H,4,7-10,12-13H2,1-3H3,(H,18,21). The highest BCUT2D eigenvalue weighted by molar-refractivity contribution is 7.88. The molecule has 1 N–H and O–H groups in total. The van der Waals surface area contributed by atoms with Crippen LogP contribution in [-0.4, -0.2) is 70.3 Å². The molecule has 0 atom stereocenters. The zero-order chi connectivity index (χ0) is 19.2. The van der Waals surface area contributed by atoms with Crippen LogP contribution in [0.2, 0.25) is 0 Å². The van der Waals surface area contributed by atoms with Crippen LogP contribution in [0.25, 0.3) is 0 Å². The molecule has 1 aliphatic rings. The van der Waals surface area contributed by atoms with Crippen LogP contribution in [0, 0.1) is 0 Å². The van der Waals surface area contributed by atoms with Crippen LogP contribution in [0.4, 0.5) is 0 Å². The van der Waals surface area contributed by atoms with Gasteiger partial charge in [0.05, 0.1) is 6.26 Å². The van der Waals surface area contributed by atoms with Crippen molar-refractivity contribution >= 4 is 15.9 Å². The van der Waals surface area contributed by atoms with Gasteiger partial charge in [0, 0.05) is 26.1 Å². The van der Waals surface area contributed by atoms with Gasteiger partial charge in [0.15, 0.2) is 11.5 Å². The lowest BCUT2D eigenvalue weighted by molar-refractivity contribution is -0.121. The lowest BCUT2D eigenvalue weighted by Gasteiger charge is -2.20. The third kappa shape index (κ3) is 6.47. The minimum Gasteiger partial charge on any atom is -0.454 e. The number of rotatable bonds is 10. The molecular formula is C17H27N3O5S. The summed E-state index contributed by atoms with van der Waals surface area (Å²) in [4.78, 5) is 14.0. The molecule has 8 nitrogen and oxygen atoms in total. The van der Waals surface area contributed by atoms with Crippen molar-refractivity contribution in [2.45, 2.75) is 19.4 Å². The Bertz CT molecular complexity index is 721. The van der Waals surface area contributed by atoms with Crippen LogP contribution in [0.15, 0.2) is 18.2 Å². The molecule has 0 aliphatic carbocycles. The maximum Gasteiger partial charge on any atom is 0.231 e. The summed E-state index contributed by atoms with van der Waals surface area (Å²) in [7, 11) is 0.514. The minimum atomic E-state index is -3.43. The first kappa shape index (κ1) is 20.5. The van der Waals surface area contributed by atoms with Crippen molar-refractivity contribution in [2.75, 3.05) is 46.8 Å². The molecule has 0 unspecified atom stereocenters. The SMILES string of the molecule is CN(C)CCCNC(=O)CCN(Cc1ccc2c(c1)OCO2)S(C)(=O)=O. The number of ether oxygens (including phenoxy) is 2. The van der Waals surface area contributed by atoms with E-state index in [1.807, 2.05) is 19.0 Å². The highest BCUT2D eigenvalue weighted by Gasteiger charge is 2.20. The van der Waals surface area contributed by atoms with E-state index >= 15 is 0 Å². The Hall–Kier alpha value is -1.84. The van der Waals surface area contributed by atoms with Crippen molar-refractivity contribution in [3.63, 3.8) is 0 Å². The van der Waals surface area contributed by atoms with Gasteiger partial charge in [-0.1, -0.05) is 6.07 Å². The summed E-state index contributed by atoms with van der Waals surface area (Å²) in [6, 6.07) is 5.32. The van der Waals surface area contributed by atoms with Crippen molar-refractivity contribution < 1.29 is 22.7 Å². The Morgan fingerprint density at radius 1 is 1.19 bits per heavy atom. The lowest BCUT2D eigenvalue weighted by atomic mass is 10.2. The third-order valence-corrected chi connectivity index (χ3v) is 5.21. The van der Waals surface area contributed by atoms with Crippen LogP contribution < -0.4 is 14.8 Å². The molecule has 0 fully saturated rings. The molecule has 146 valence electrons. The Labute approximate surface area is 155 Å². The minimum absolute atomic E-state index is 0.125. The Morgan fingerprint density at radius 2 is 1.92 bits per heavy atom. The highest BCUT2D eigenvalue weighted by atomic mass is 32.2. The van der Waals surface area contributed by atoms with E-state index in [-0.39, 0.29) is 32.2 Å². The number of fused-ring (bicyclic) bond motifs is 1. The van der Waals surface area contributed by atoms with Crippen LogP contribution >= 0.6 is 0 Å². The fraction of sp³-hybridized carbons (Fsp3) is 0.588. The fourth-order valence-corrected chi connectivity index (χ4v) is 3.35. The van der Waals surface area contributed by atoms with Gasteiger partial charge in [-0.05, 0) is 44.8 Å². The van der Waals surface area contributed by atoms with Gasteiger partial charge in [-0.25, -0.2) is 8.42 Å². The molecule has 0 saturated heterocycles. The Balaban J connectivity index is 1.87. The summed E-state index contributed by atoms with van der Waals surface area (Å²) in [6.45, 7) is 1.96. The van der Waals surface area contributed by atoms with Gasteiger partial charge in [-0.15, -0.1) is 0 Å². The van der Waals surface area contributed by atoms with Crippen LogP contribution in [-0.2, 0) is 21.4 Å². The molecule has 1 heterocycles. The Morgan fingerprint density at radius 3 is 2.62 bits per heavy atom. The molecule has 0 bridgehead atoms. The second-order valence-corrected chi connectivity index (χ2v) is 8.52. The first-order valence-corrected chi connectivity index (χ1v) is 10.4. The van der Waals surface area contributed by atoms with Gasteiger partial charge in [0.2, 0.25) is 22.7 Å². The summed E-state index contributed by atoms with van der Waals surface area (Å²) in [5.41, 5.74) is 0.783. The number of amides is 1. The molecule has 0 saturated carbocycles. The molecule has 0 radical (unpaired) electrons. The largest absolute Gasteiger partial charge is 0.454 e. The van der Waals surface area contributed by atoms with E-state index in [2.05, 4.69) is 5.32 Å². The molecule has 1 aromatic rings. The van der Waals surface area contributed by atoms with Crippen molar-refractivity contribution in [1.29, 1.82) is 0 Å². The lowest BCUT2D eigenvalue weighted by Crippen LogP contribution is -2.34. The number of carbonyl (C=O) groups excluding carboxylic acids is 1. The summed E-state index contributed by atoms with van der Waals surface area (Å²) >= 11 is 0. The fourth-order valence-electron chi connectivity index (χ4n) is 2.54. The summed E-state index contributed by atoms with van der Waals surface area (Å²) in [5.74, 6) is 1.11.